The molecular formula is C14H18ClNO. The van der Waals surface area contributed by atoms with Crippen molar-refractivity contribution in [2.75, 3.05) is 7.05 Å². The van der Waals surface area contributed by atoms with Gasteiger partial charge in [0.05, 0.1) is 11.1 Å². The van der Waals surface area contributed by atoms with Gasteiger partial charge in [-0.25, -0.2) is 0 Å². The fourth-order valence-electron chi connectivity index (χ4n) is 2.19. The monoisotopic (exact) mass is 251 g/mol. The van der Waals surface area contributed by atoms with Gasteiger partial charge in [-0.3, -0.25) is 0 Å². The molecule has 1 unspecified atom stereocenters. The van der Waals surface area contributed by atoms with E-state index in [9.17, 15) is 0 Å². The van der Waals surface area contributed by atoms with Gasteiger partial charge < -0.3 is 9.73 Å². The quantitative estimate of drug-likeness (QED) is 0.856. The summed E-state index contributed by atoms with van der Waals surface area (Å²) in [7, 11) is 1.95. The van der Waals surface area contributed by atoms with E-state index in [1.807, 2.05) is 25.2 Å². The van der Waals surface area contributed by atoms with Crippen LogP contribution in [0.4, 0.5) is 0 Å². The van der Waals surface area contributed by atoms with Crippen molar-refractivity contribution in [3.05, 3.63) is 35.0 Å². The van der Waals surface area contributed by atoms with Crippen molar-refractivity contribution in [1.29, 1.82) is 0 Å². The van der Waals surface area contributed by atoms with E-state index in [1.165, 1.54) is 0 Å². The van der Waals surface area contributed by atoms with E-state index in [0.29, 0.717) is 5.02 Å². The molecule has 0 aliphatic rings. The Balaban J connectivity index is 2.52. The fraction of sp³-hybridized carbons (Fsp3) is 0.429. The predicted octanol–water partition coefficient (Wildman–Crippen LogP) is 4.39. The molecule has 0 aliphatic carbocycles. The van der Waals surface area contributed by atoms with Crippen molar-refractivity contribution >= 4 is 22.6 Å². The molecule has 0 fully saturated rings. The van der Waals surface area contributed by atoms with Gasteiger partial charge in [-0.15, -0.1) is 0 Å². The average molecular weight is 252 g/mol. The summed E-state index contributed by atoms with van der Waals surface area (Å²) in [6.07, 6.45) is 0. The predicted molar refractivity (Wildman–Crippen MR) is 72.5 cm³/mol. The van der Waals surface area contributed by atoms with Crippen LogP contribution in [0.15, 0.2) is 28.7 Å². The minimum absolute atomic E-state index is 0.0924. The van der Waals surface area contributed by atoms with Crippen LogP contribution in [0.3, 0.4) is 0 Å². The van der Waals surface area contributed by atoms with Crippen molar-refractivity contribution in [3.63, 3.8) is 0 Å². The van der Waals surface area contributed by atoms with Crippen molar-refractivity contribution in [1.82, 2.24) is 5.32 Å². The molecule has 0 radical (unpaired) electrons. The van der Waals surface area contributed by atoms with Gasteiger partial charge in [0.25, 0.3) is 0 Å². The highest BCUT2D eigenvalue weighted by Crippen LogP contribution is 2.36. The van der Waals surface area contributed by atoms with Gasteiger partial charge in [-0.1, -0.05) is 44.5 Å². The molecule has 17 heavy (non-hydrogen) atoms. The Morgan fingerprint density at radius 3 is 2.53 bits per heavy atom. The van der Waals surface area contributed by atoms with E-state index < -0.39 is 0 Å². The van der Waals surface area contributed by atoms with Gasteiger partial charge in [0.15, 0.2) is 5.58 Å². The zero-order valence-corrected chi connectivity index (χ0v) is 11.4. The Hall–Kier alpha value is -0.990. The highest BCUT2D eigenvalue weighted by atomic mass is 35.5. The molecular weight excluding hydrogens is 234 g/mol. The normalized spacial score (nSPS) is 14.2. The molecule has 1 N–H and O–H groups in total. The molecule has 2 nitrogen and oxygen atoms in total. The number of rotatable bonds is 2. The number of benzene rings is 1. The number of nitrogens with one attached hydrogen (secondary N) is 1. The van der Waals surface area contributed by atoms with E-state index in [4.69, 9.17) is 16.0 Å². The molecule has 0 saturated carbocycles. The molecule has 1 atom stereocenters. The molecule has 0 bridgehead atoms. The maximum Gasteiger partial charge on any atom is 0.152 e. The van der Waals surface area contributed by atoms with E-state index in [2.05, 4.69) is 32.2 Å². The lowest BCUT2D eigenvalue weighted by Crippen LogP contribution is -2.29. The third kappa shape index (κ3) is 2.33. The van der Waals surface area contributed by atoms with Gasteiger partial charge in [0.2, 0.25) is 0 Å². The van der Waals surface area contributed by atoms with Crippen LogP contribution in [-0.2, 0) is 0 Å². The van der Waals surface area contributed by atoms with Crippen LogP contribution >= 0.6 is 11.6 Å². The first-order valence-corrected chi connectivity index (χ1v) is 6.16. The van der Waals surface area contributed by atoms with Gasteiger partial charge in [0, 0.05) is 5.39 Å². The summed E-state index contributed by atoms with van der Waals surface area (Å²) in [5, 5.41) is 5.02. The Labute approximate surface area is 107 Å². The molecule has 1 heterocycles. The summed E-state index contributed by atoms with van der Waals surface area (Å²) in [5.41, 5.74) is 0.864. The van der Waals surface area contributed by atoms with Crippen LogP contribution in [0.25, 0.3) is 11.0 Å². The zero-order valence-electron chi connectivity index (χ0n) is 10.7. The molecule has 92 valence electrons. The van der Waals surface area contributed by atoms with Crippen LogP contribution in [0, 0.1) is 5.41 Å². The number of hydrogen-bond donors (Lipinski definition) is 1. The number of fused-ring (bicyclic) bond motifs is 1. The standard InChI is InChI=1S/C14H18ClNO/c1-14(2,3)13(16-4)11-8-9-6-5-7-10(15)12(9)17-11/h5-8,13,16H,1-4H3. The van der Waals surface area contributed by atoms with Crippen molar-refractivity contribution in [2.45, 2.75) is 26.8 Å². The largest absolute Gasteiger partial charge is 0.458 e. The van der Waals surface area contributed by atoms with E-state index in [-0.39, 0.29) is 11.5 Å². The smallest absolute Gasteiger partial charge is 0.152 e. The molecule has 1 aromatic heterocycles. The lowest BCUT2D eigenvalue weighted by Gasteiger charge is -2.28. The Morgan fingerprint density at radius 2 is 2.00 bits per heavy atom. The maximum absolute atomic E-state index is 6.12. The molecule has 0 saturated heterocycles. The molecule has 0 aliphatic heterocycles. The average Bonchev–Trinajstić information content (AvgIpc) is 2.61. The lowest BCUT2D eigenvalue weighted by atomic mass is 9.85. The first-order valence-electron chi connectivity index (χ1n) is 5.78. The van der Waals surface area contributed by atoms with Gasteiger partial charge in [-0.05, 0) is 24.6 Å². The Morgan fingerprint density at radius 1 is 1.29 bits per heavy atom. The van der Waals surface area contributed by atoms with E-state index in [1.54, 1.807) is 0 Å². The topological polar surface area (TPSA) is 25.2 Å². The highest BCUT2D eigenvalue weighted by molar-refractivity contribution is 6.34. The summed E-state index contributed by atoms with van der Waals surface area (Å²) in [5.74, 6) is 0.933. The van der Waals surface area contributed by atoms with Crippen LogP contribution in [0.2, 0.25) is 5.02 Å². The molecule has 3 heteroatoms. The second-order valence-corrected chi connectivity index (χ2v) is 5.80. The third-order valence-electron chi connectivity index (χ3n) is 2.95. The summed E-state index contributed by atoms with van der Waals surface area (Å²) < 4.78 is 5.88. The molecule has 0 spiro atoms. The second kappa shape index (κ2) is 4.35. The van der Waals surface area contributed by atoms with E-state index >= 15 is 0 Å². The van der Waals surface area contributed by atoms with Crippen LogP contribution in [0.1, 0.15) is 32.6 Å². The van der Waals surface area contributed by atoms with Crippen molar-refractivity contribution in [2.24, 2.45) is 5.41 Å². The third-order valence-corrected chi connectivity index (χ3v) is 3.25. The Kier molecular flexibility index (Phi) is 3.19. The van der Waals surface area contributed by atoms with Crippen LogP contribution in [0.5, 0.6) is 0 Å². The first-order chi connectivity index (χ1) is 7.93. The minimum atomic E-state index is 0.0924. The summed E-state index contributed by atoms with van der Waals surface area (Å²) in [6, 6.07) is 8.04. The van der Waals surface area contributed by atoms with Gasteiger partial charge in [-0.2, -0.15) is 0 Å². The second-order valence-electron chi connectivity index (χ2n) is 5.39. The van der Waals surface area contributed by atoms with Crippen LogP contribution < -0.4 is 5.32 Å². The highest BCUT2D eigenvalue weighted by Gasteiger charge is 2.27. The molecule has 2 aromatic rings. The summed E-state index contributed by atoms with van der Waals surface area (Å²) in [4.78, 5) is 0. The SMILES string of the molecule is CNC(c1cc2cccc(Cl)c2o1)C(C)(C)C. The van der Waals surface area contributed by atoms with Gasteiger partial charge in [0.1, 0.15) is 5.76 Å². The molecule has 1 aromatic carbocycles. The number of furan rings is 1. The number of para-hydroxylation sites is 1. The first kappa shape index (κ1) is 12.5. The number of halogens is 1. The maximum atomic E-state index is 6.12. The summed E-state index contributed by atoms with van der Waals surface area (Å²) in [6.45, 7) is 6.55. The van der Waals surface area contributed by atoms with Crippen LogP contribution in [-0.4, -0.2) is 7.05 Å². The van der Waals surface area contributed by atoms with Gasteiger partial charge >= 0.3 is 0 Å². The van der Waals surface area contributed by atoms with E-state index in [0.717, 1.165) is 16.7 Å². The molecule has 2 rings (SSSR count). The fourth-order valence-corrected chi connectivity index (χ4v) is 2.41. The zero-order chi connectivity index (χ0) is 12.6. The molecule has 0 amide bonds. The lowest BCUT2D eigenvalue weighted by molar-refractivity contribution is 0.253. The number of hydrogen-bond acceptors (Lipinski definition) is 2. The summed E-state index contributed by atoms with van der Waals surface area (Å²) >= 11 is 6.12. The van der Waals surface area contributed by atoms with Crippen molar-refractivity contribution in [3.8, 4) is 0 Å². The van der Waals surface area contributed by atoms with Crippen molar-refractivity contribution < 1.29 is 4.42 Å². The minimum Gasteiger partial charge on any atom is -0.458 e. The Bertz CT molecular complexity index is 524.